The molecule has 0 aliphatic carbocycles. The summed E-state index contributed by atoms with van der Waals surface area (Å²) in [5.41, 5.74) is 0.200. The number of phenols is 2. The zero-order valence-electron chi connectivity index (χ0n) is 11.5. The second-order valence-corrected chi connectivity index (χ2v) is 5.90. The molecule has 0 spiro atoms. The lowest BCUT2D eigenvalue weighted by atomic mass is 10.1. The number of fused-ring (bicyclic) bond motifs is 1. The first-order valence-electron chi connectivity index (χ1n) is 6.48. The molecule has 3 rings (SSSR count). The number of azo groups is 1. The number of phenolic OH excluding ortho intramolecular Hbond substituents is 2. The Balaban J connectivity index is 2.17. The first-order chi connectivity index (χ1) is 11.0. The standard InChI is InChI=1S/C16H9Cl3N2O2/c17-10-7-11(18)16(23)15(13(10)19)21-20-14-9-4-2-1-3-8(9)5-6-12(14)22/h1-7,22-23H. The summed E-state index contributed by atoms with van der Waals surface area (Å²) in [4.78, 5) is 0. The second-order valence-electron chi connectivity index (χ2n) is 4.71. The third kappa shape index (κ3) is 2.93. The number of aromatic hydroxyl groups is 2. The highest BCUT2D eigenvalue weighted by molar-refractivity contribution is 6.45. The van der Waals surface area contributed by atoms with Gasteiger partial charge in [-0.2, -0.15) is 0 Å². The fraction of sp³-hybridized carbons (Fsp3) is 0. The van der Waals surface area contributed by atoms with Crippen molar-refractivity contribution in [2.75, 3.05) is 0 Å². The van der Waals surface area contributed by atoms with Crippen molar-refractivity contribution in [3.05, 3.63) is 57.5 Å². The molecule has 7 heteroatoms. The molecular weight excluding hydrogens is 359 g/mol. The molecule has 2 N–H and O–H groups in total. The molecule has 3 aromatic rings. The number of rotatable bonds is 2. The van der Waals surface area contributed by atoms with Crippen LogP contribution in [0.4, 0.5) is 11.4 Å². The highest BCUT2D eigenvalue weighted by atomic mass is 35.5. The predicted octanol–water partition coefficient (Wildman–Crippen LogP) is 6.63. The van der Waals surface area contributed by atoms with Crippen LogP contribution in [-0.2, 0) is 0 Å². The Bertz CT molecular complexity index is 916. The van der Waals surface area contributed by atoms with Gasteiger partial charge in [0.25, 0.3) is 0 Å². The quantitative estimate of drug-likeness (QED) is 0.394. The smallest absolute Gasteiger partial charge is 0.163 e. The van der Waals surface area contributed by atoms with Gasteiger partial charge in [0, 0.05) is 5.39 Å². The molecule has 3 aromatic carbocycles. The molecule has 0 aromatic heterocycles. The van der Waals surface area contributed by atoms with E-state index in [9.17, 15) is 10.2 Å². The maximum absolute atomic E-state index is 10.0. The highest BCUT2D eigenvalue weighted by Crippen LogP contribution is 2.45. The Labute approximate surface area is 146 Å². The van der Waals surface area contributed by atoms with Crippen molar-refractivity contribution in [2.24, 2.45) is 10.2 Å². The van der Waals surface area contributed by atoms with Gasteiger partial charge in [-0.25, -0.2) is 0 Å². The third-order valence-electron chi connectivity index (χ3n) is 3.25. The fourth-order valence-corrected chi connectivity index (χ4v) is 2.75. The molecule has 0 fully saturated rings. The van der Waals surface area contributed by atoms with Crippen LogP contribution in [0.25, 0.3) is 10.8 Å². The summed E-state index contributed by atoms with van der Waals surface area (Å²) in [6.07, 6.45) is 0. The molecule has 0 saturated heterocycles. The summed E-state index contributed by atoms with van der Waals surface area (Å²) >= 11 is 17.8. The van der Waals surface area contributed by atoms with Crippen LogP contribution in [0.2, 0.25) is 15.1 Å². The van der Waals surface area contributed by atoms with E-state index < -0.39 is 0 Å². The Hall–Kier alpha value is -2.01. The average molecular weight is 368 g/mol. The molecule has 0 heterocycles. The predicted molar refractivity (Wildman–Crippen MR) is 92.9 cm³/mol. The summed E-state index contributed by atoms with van der Waals surface area (Å²) in [5.74, 6) is -0.374. The Kier molecular flexibility index (Phi) is 4.31. The summed E-state index contributed by atoms with van der Waals surface area (Å²) in [5, 5.41) is 29.7. The van der Waals surface area contributed by atoms with Gasteiger partial charge in [0.2, 0.25) is 0 Å². The van der Waals surface area contributed by atoms with Crippen molar-refractivity contribution in [1.82, 2.24) is 0 Å². The van der Waals surface area contributed by atoms with Crippen LogP contribution in [0.1, 0.15) is 0 Å². The molecule has 116 valence electrons. The van der Waals surface area contributed by atoms with E-state index in [1.807, 2.05) is 18.2 Å². The number of halogens is 3. The van der Waals surface area contributed by atoms with Crippen molar-refractivity contribution < 1.29 is 10.2 Å². The van der Waals surface area contributed by atoms with E-state index in [1.165, 1.54) is 12.1 Å². The van der Waals surface area contributed by atoms with Crippen LogP contribution in [0.3, 0.4) is 0 Å². The molecule has 4 nitrogen and oxygen atoms in total. The summed E-state index contributed by atoms with van der Waals surface area (Å²) in [6.45, 7) is 0. The second kappa shape index (κ2) is 6.24. The van der Waals surface area contributed by atoms with Gasteiger partial charge in [-0.15, -0.1) is 10.2 Å². The topological polar surface area (TPSA) is 65.2 Å². The van der Waals surface area contributed by atoms with E-state index in [2.05, 4.69) is 10.2 Å². The molecule has 0 saturated carbocycles. The number of nitrogens with zero attached hydrogens (tertiary/aromatic N) is 2. The number of hydrogen-bond acceptors (Lipinski definition) is 4. The Morgan fingerprint density at radius 1 is 0.783 bits per heavy atom. The molecule has 0 aliphatic rings. The lowest BCUT2D eigenvalue weighted by molar-refractivity contribution is 0.474. The molecular formula is C16H9Cl3N2O2. The fourth-order valence-electron chi connectivity index (χ4n) is 2.11. The maximum Gasteiger partial charge on any atom is 0.163 e. The van der Waals surface area contributed by atoms with E-state index in [4.69, 9.17) is 34.8 Å². The molecule has 0 radical (unpaired) electrons. The number of benzene rings is 3. The molecule has 23 heavy (non-hydrogen) atoms. The van der Waals surface area contributed by atoms with E-state index in [-0.39, 0.29) is 37.9 Å². The molecule has 0 atom stereocenters. The summed E-state index contributed by atoms with van der Waals surface area (Å²) in [7, 11) is 0. The highest BCUT2D eigenvalue weighted by Gasteiger charge is 2.15. The van der Waals surface area contributed by atoms with E-state index >= 15 is 0 Å². The van der Waals surface area contributed by atoms with Crippen LogP contribution in [0.15, 0.2) is 52.7 Å². The largest absolute Gasteiger partial charge is 0.506 e. The minimum Gasteiger partial charge on any atom is -0.506 e. The minimum absolute atomic E-state index is 0.00971. The normalized spacial score (nSPS) is 11.4. The Morgan fingerprint density at radius 3 is 2.26 bits per heavy atom. The SMILES string of the molecule is Oc1ccc2ccccc2c1N=Nc1c(O)c(Cl)cc(Cl)c1Cl. The maximum atomic E-state index is 10.0. The van der Waals surface area contributed by atoms with Gasteiger partial charge in [-0.3, -0.25) is 0 Å². The summed E-state index contributed by atoms with van der Waals surface area (Å²) < 4.78 is 0. The minimum atomic E-state index is -0.329. The molecule has 0 aliphatic heterocycles. The molecule has 0 bridgehead atoms. The van der Waals surface area contributed by atoms with Gasteiger partial charge in [0.05, 0.1) is 15.1 Å². The van der Waals surface area contributed by atoms with Crippen LogP contribution >= 0.6 is 34.8 Å². The van der Waals surface area contributed by atoms with Gasteiger partial charge >= 0.3 is 0 Å². The van der Waals surface area contributed by atoms with Crippen LogP contribution in [0.5, 0.6) is 11.5 Å². The lowest BCUT2D eigenvalue weighted by Crippen LogP contribution is -1.77. The summed E-state index contributed by atoms with van der Waals surface area (Å²) in [6, 6.07) is 12.0. The van der Waals surface area contributed by atoms with Crippen molar-refractivity contribution in [3.63, 3.8) is 0 Å². The third-order valence-corrected chi connectivity index (χ3v) is 4.32. The van der Waals surface area contributed by atoms with Crippen molar-refractivity contribution in [2.45, 2.75) is 0 Å². The zero-order chi connectivity index (χ0) is 16.6. The Morgan fingerprint density at radius 2 is 1.48 bits per heavy atom. The lowest BCUT2D eigenvalue weighted by Gasteiger charge is -2.06. The van der Waals surface area contributed by atoms with Crippen molar-refractivity contribution >= 4 is 57.0 Å². The van der Waals surface area contributed by atoms with Crippen molar-refractivity contribution in [1.29, 1.82) is 0 Å². The van der Waals surface area contributed by atoms with Gasteiger partial charge in [0.1, 0.15) is 17.1 Å². The monoisotopic (exact) mass is 366 g/mol. The van der Waals surface area contributed by atoms with Crippen LogP contribution in [-0.4, -0.2) is 10.2 Å². The van der Waals surface area contributed by atoms with Gasteiger partial charge in [0.15, 0.2) is 5.75 Å². The first-order valence-corrected chi connectivity index (χ1v) is 7.61. The average Bonchev–Trinajstić information content (AvgIpc) is 2.54. The van der Waals surface area contributed by atoms with Gasteiger partial charge in [-0.05, 0) is 17.5 Å². The molecule has 0 unspecified atom stereocenters. The van der Waals surface area contributed by atoms with Crippen molar-refractivity contribution in [3.8, 4) is 11.5 Å². The first kappa shape index (κ1) is 15.9. The van der Waals surface area contributed by atoms with Crippen LogP contribution < -0.4 is 0 Å². The number of hydrogen-bond donors (Lipinski definition) is 2. The zero-order valence-corrected chi connectivity index (χ0v) is 13.7. The van der Waals surface area contributed by atoms with Crippen LogP contribution in [0, 0.1) is 0 Å². The van der Waals surface area contributed by atoms with E-state index in [0.29, 0.717) is 5.39 Å². The van der Waals surface area contributed by atoms with E-state index in [1.54, 1.807) is 12.1 Å². The van der Waals surface area contributed by atoms with Gasteiger partial charge in [-0.1, -0.05) is 65.1 Å². The molecule has 0 amide bonds. The van der Waals surface area contributed by atoms with Gasteiger partial charge < -0.3 is 10.2 Å². The van der Waals surface area contributed by atoms with E-state index in [0.717, 1.165) is 5.39 Å².